The number of rotatable bonds is 6. The first-order chi connectivity index (χ1) is 13.8. The summed E-state index contributed by atoms with van der Waals surface area (Å²) in [6.45, 7) is 6.64. The Morgan fingerprint density at radius 2 is 1.76 bits per heavy atom. The highest BCUT2D eigenvalue weighted by Gasteiger charge is 2.23. The molecule has 0 bridgehead atoms. The van der Waals surface area contributed by atoms with Crippen LogP contribution in [-0.2, 0) is 14.8 Å². The van der Waals surface area contributed by atoms with E-state index in [1.807, 2.05) is 38.1 Å². The predicted octanol–water partition coefficient (Wildman–Crippen LogP) is 2.80. The van der Waals surface area contributed by atoms with E-state index in [1.165, 1.54) is 28.6 Å². The first-order valence-corrected chi connectivity index (χ1v) is 11.1. The lowest BCUT2D eigenvalue weighted by atomic mass is 10.2. The first kappa shape index (κ1) is 21.3. The highest BCUT2D eigenvalue weighted by molar-refractivity contribution is 7.89. The van der Waals surface area contributed by atoms with E-state index in [2.05, 4.69) is 10.2 Å². The van der Waals surface area contributed by atoms with Gasteiger partial charge >= 0.3 is 0 Å². The van der Waals surface area contributed by atoms with Gasteiger partial charge in [0.1, 0.15) is 0 Å². The van der Waals surface area contributed by atoms with Gasteiger partial charge in [0.2, 0.25) is 10.0 Å². The van der Waals surface area contributed by atoms with E-state index in [9.17, 15) is 13.2 Å². The molecule has 29 heavy (non-hydrogen) atoms. The van der Waals surface area contributed by atoms with Crippen LogP contribution in [0.3, 0.4) is 0 Å². The molecule has 2 aromatic carbocycles. The Morgan fingerprint density at radius 3 is 2.38 bits per heavy atom. The number of ether oxygens (including phenoxy) is 1. The standard InChI is InChI=1S/C21H27N3O4S/c1-16(2)23(3)29(26,27)20-9-7-17(8-10-20)21(25)22-18-5-4-6-19(15-18)24-11-13-28-14-12-24/h4-10,15-16H,11-14H2,1-3H3,(H,22,25). The van der Waals surface area contributed by atoms with E-state index in [-0.39, 0.29) is 16.8 Å². The maximum absolute atomic E-state index is 12.6. The minimum atomic E-state index is -3.57. The Labute approximate surface area is 172 Å². The molecule has 0 saturated carbocycles. The highest BCUT2D eigenvalue weighted by atomic mass is 32.2. The van der Waals surface area contributed by atoms with Crippen molar-refractivity contribution in [1.29, 1.82) is 0 Å². The molecule has 1 fully saturated rings. The second-order valence-corrected chi connectivity index (χ2v) is 9.24. The van der Waals surface area contributed by atoms with Gasteiger partial charge in [0, 0.05) is 43.1 Å². The topological polar surface area (TPSA) is 79.0 Å². The van der Waals surface area contributed by atoms with Crippen molar-refractivity contribution >= 4 is 27.3 Å². The number of morpholine rings is 1. The van der Waals surface area contributed by atoms with E-state index in [0.717, 1.165) is 18.8 Å². The molecule has 2 aromatic rings. The van der Waals surface area contributed by atoms with E-state index >= 15 is 0 Å². The summed E-state index contributed by atoms with van der Waals surface area (Å²) >= 11 is 0. The molecule has 0 aliphatic carbocycles. The third-order valence-electron chi connectivity index (χ3n) is 5.00. The molecule has 1 aliphatic heterocycles. The first-order valence-electron chi connectivity index (χ1n) is 9.61. The maximum Gasteiger partial charge on any atom is 0.255 e. The summed E-state index contributed by atoms with van der Waals surface area (Å²) in [6, 6.07) is 13.5. The third-order valence-corrected chi connectivity index (χ3v) is 7.05. The Morgan fingerprint density at radius 1 is 1.10 bits per heavy atom. The molecule has 1 amide bonds. The summed E-state index contributed by atoms with van der Waals surface area (Å²) in [4.78, 5) is 15.0. The Hall–Kier alpha value is -2.42. The zero-order chi connectivity index (χ0) is 21.0. The smallest absolute Gasteiger partial charge is 0.255 e. The zero-order valence-corrected chi connectivity index (χ0v) is 17.8. The number of carbonyl (C=O) groups excluding carboxylic acids is 1. The molecule has 3 rings (SSSR count). The third kappa shape index (κ3) is 4.95. The van der Waals surface area contributed by atoms with Crippen LogP contribution in [0.2, 0.25) is 0 Å². The summed E-state index contributed by atoms with van der Waals surface area (Å²) in [5, 5.41) is 2.88. The van der Waals surface area contributed by atoms with Gasteiger partial charge in [-0.15, -0.1) is 0 Å². The largest absolute Gasteiger partial charge is 0.378 e. The molecule has 8 heteroatoms. The molecule has 1 aliphatic rings. The summed E-state index contributed by atoms with van der Waals surface area (Å²) in [7, 11) is -2.03. The Bertz CT molecular complexity index is 952. The molecule has 0 aromatic heterocycles. The molecule has 0 unspecified atom stereocenters. The van der Waals surface area contributed by atoms with Gasteiger partial charge < -0.3 is 15.0 Å². The van der Waals surface area contributed by atoms with Gasteiger partial charge in [-0.05, 0) is 56.3 Å². The lowest BCUT2D eigenvalue weighted by Crippen LogP contribution is -2.36. The van der Waals surface area contributed by atoms with Crippen molar-refractivity contribution in [3.63, 3.8) is 0 Å². The van der Waals surface area contributed by atoms with Crippen LogP contribution in [0.25, 0.3) is 0 Å². The average Bonchev–Trinajstić information content (AvgIpc) is 2.74. The van der Waals surface area contributed by atoms with Gasteiger partial charge in [-0.3, -0.25) is 4.79 Å². The second kappa shape index (κ2) is 8.94. The summed E-state index contributed by atoms with van der Waals surface area (Å²) in [5.74, 6) is -0.287. The highest BCUT2D eigenvalue weighted by Crippen LogP contribution is 2.22. The molecule has 0 spiro atoms. The lowest BCUT2D eigenvalue weighted by Gasteiger charge is -2.29. The van der Waals surface area contributed by atoms with Gasteiger partial charge in [-0.25, -0.2) is 8.42 Å². The number of anilines is 2. The van der Waals surface area contributed by atoms with E-state index in [4.69, 9.17) is 4.74 Å². The van der Waals surface area contributed by atoms with E-state index in [0.29, 0.717) is 24.5 Å². The average molecular weight is 418 g/mol. The number of nitrogens with zero attached hydrogens (tertiary/aromatic N) is 2. The molecule has 0 radical (unpaired) electrons. The van der Waals surface area contributed by atoms with Crippen molar-refractivity contribution in [3.8, 4) is 0 Å². The number of nitrogens with one attached hydrogen (secondary N) is 1. The monoisotopic (exact) mass is 417 g/mol. The fourth-order valence-corrected chi connectivity index (χ4v) is 4.39. The van der Waals surface area contributed by atoms with E-state index < -0.39 is 10.0 Å². The maximum atomic E-state index is 12.6. The van der Waals surface area contributed by atoms with Gasteiger partial charge in [-0.1, -0.05) is 6.07 Å². The van der Waals surface area contributed by atoms with Crippen LogP contribution in [0, 0.1) is 0 Å². The van der Waals surface area contributed by atoms with Crippen LogP contribution < -0.4 is 10.2 Å². The van der Waals surface area contributed by atoms with Crippen molar-refractivity contribution in [1.82, 2.24) is 4.31 Å². The van der Waals surface area contributed by atoms with Crippen LogP contribution in [0.4, 0.5) is 11.4 Å². The van der Waals surface area contributed by atoms with Crippen LogP contribution in [0.1, 0.15) is 24.2 Å². The molecular formula is C21H27N3O4S. The molecule has 0 atom stereocenters. The molecular weight excluding hydrogens is 390 g/mol. The fraction of sp³-hybridized carbons (Fsp3) is 0.381. The van der Waals surface area contributed by atoms with Crippen molar-refractivity contribution < 1.29 is 17.9 Å². The SMILES string of the molecule is CC(C)N(C)S(=O)(=O)c1ccc(C(=O)Nc2cccc(N3CCOCC3)c2)cc1. The van der Waals surface area contributed by atoms with Crippen molar-refractivity contribution in [2.45, 2.75) is 24.8 Å². The zero-order valence-electron chi connectivity index (χ0n) is 17.0. The van der Waals surface area contributed by atoms with Gasteiger partial charge in [0.05, 0.1) is 18.1 Å². The van der Waals surface area contributed by atoms with Gasteiger partial charge in [-0.2, -0.15) is 4.31 Å². The number of carbonyl (C=O) groups is 1. The van der Waals surface area contributed by atoms with Crippen molar-refractivity contribution in [2.75, 3.05) is 43.6 Å². The number of benzene rings is 2. The fourth-order valence-electron chi connectivity index (χ4n) is 3.03. The summed E-state index contributed by atoms with van der Waals surface area (Å²) in [5.41, 5.74) is 2.12. The molecule has 156 valence electrons. The lowest BCUT2D eigenvalue weighted by molar-refractivity contribution is 0.102. The van der Waals surface area contributed by atoms with Crippen LogP contribution in [-0.4, -0.2) is 58.0 Å². The minimum absolute atomic E-state index is 0.151. The normalized spacial score (nSPS) is 15.0. The quantitative estimate of drug-likeness (QED) is 0.782. The van der Waals surface area contributed by atoms with Crippen molar-refractivity contribution in [2.24, 2.45) is 0 Å². The molecule has 1 saturated heterocycles. The van der Waals surface area contributed by atoms with Gasteiger partial charge in [0.15, 0.2) is 0 Å². The summed E-state index contributed by atoms with van der Waals surface area (Å²) in [6.07, 6.45) is 0. The number of hydrogen-bond acceptors (Lipinski definition) is 5. The molecule has 7 nitrogen and oxygen atoms in total. The van der Waals surface area contributed by atoms with Crippen LogP contribution in [0.15, 0.2) is 53.4 Å². The second-order valence-electron chi connectivity index (χ2n) is 7.24. The number of sulfonamides is 1. The minimum Gasteiger partial charge on any atom is -0.378 e. The Balaban J connectivity index is 1.71. The molecule has 1 heterocycles. The molecule has 1 N–H and O–H groups in total. The predicted molar refractivity (Wildman–Crippen MR) is 114 cm³/mol. The number of hydrogen-bond donors (Lipinski definition) is 1. The Kier molecular flexibility index (Phi) is 6.56. The summed E-state index contributed by atoms with van der Waals surface area (Å²) < 4.78 is 31.8. The van der Waals surface area contributed by atoms with E-state index in [1.54, 1.807) is 7.05 Å². The van der Waals surface area contributed by atoms with Crippen LogP contribution >= 0.6 is 0 Å². The number of amides is 1. The van der Waals surface area contributed by atoms with Gasteiger partial charge in [0.25, 0.3) is 5.91 Å². The van der Waals surface area contributed by atoms with Crippen LogP contribution in [0.5, 0.6) is 0 Å². The van der Waals surface area contributed by atoms with Crippen molar-refractivity contribution in [3.05, 3.63) is 54.1 Å².